The summed E-state index contributed by atoms with van der Waals surface area (Å²) in [7, 11) is 0. The van der Waals surface area contributed by atoms with E-state index in [9.17, 15) is 14.0 Å². The van der Waals surface area contributed by atoms with Crippen LogP contribution >= 0.6 is 23.4 Å². The summed E-state index contributed by atoms with van der Waals surface area (Å²) in [6.45, 7) is 3.71. The molecule has 0 aliphatic carbocycles. The molecule has 0 saturated carbocycles. The third-order valence-corrected chi connectivity index (χ3v) is 6.58. The molecule has 2 heterocycles. The molecule has 2 aromatic carbocycles. The third kappa shape index (κ3) is 4.23. The number of nitrogens with zero attached hydrogens (tertiary/aromatic N) is 3. The van der Waals surface area contributed by atoms with Crippen molar-refractivity contribution < 1.29 is 9.18 Å². The number of hydrogen-bond donors (Lipinski definition) is 0. The van der Waals surface area contributed by atoms with Gasteiger partial charge in [0.2, 0.25) is 5.91 Å². The van der Waals surface area contributed by atoms with Crippen LogP contribution in [0.1, 0.15) is 19.8 Å². The molecule has 3 aromatic rings. The number of likely N-dealkylation sites (tertiary alicyclic amines) is 1. The highest BCUT2D eigenvalue weighted by Crippen LogP contribution is 2.25. The average molecular weight is 446 g/mol. The van der Waals surface area contributed by atoms with E-state index >= 15 is 0 Å². The van der Waals surface area contributed by atoms with Gasteiger partial charge in [0.1, 0.15) is 5.82 Å². The van der Waals surface area contributed by atoms with Gasteiger partial charge in [0, 0.05) is 13.1 Å². The van der Waals surface area contributed by atoms with Crippen LogP contribution in [0.2, 0.25) is 5.02 Å². The van der Waals surface area contributed by atoms with Crippen LogP contribution in [0, 0.1) is 11.7 Å². The zero-order chi connectivity index (χ0) is 21.3. The first-order chi connectivity index (χ1) is 14.4. The molecule has 0 N–H and O–H groups in total. The number of halogens is 2. The standard InChI is InChI=1S/C22H21ClFN3O2S/c1-14-8-10-26(11-9-14)20(28)13-30-22-25-19-5-3-2-4-16(19)21(29)27(22)15-6-7-18(24)17(23)12-15/h2-7,12,14H,8-11,13H2,1H3. The summed E-state index contributed by atoms with van der Waals surface area (Å²) in [5, 5.41) is 0.737. The number of aromatic nitrogens is 2. The highest BCUT2D eigenvalue weighted by Gasteiger charge is 2.22. The van der Waals surface area contributed by atoms with Crippen LogP contribution in [-0.4, -0.2) is 39.2 Å². The van der Waals surface area contributed by atoms with Gasteiger partial charge in [0.05, 0.1) is 27.4 Å². The first-order valence-corrected chi connectivity index (χ1v) is 11.2. The van der Waals surface area contributed by atoms with Crippen molar-refractivity contribution in [2.24, 2.45) is 5.92 Å². The summed E-state index contributed by atoms with van der Waals surface area (Å²) in [4.78, 5) is 32.4. The molecule has 0 bridgehead atoms. The van der Waals surface area contributed by atoms with Gasteiger partial charge in [0.15, 0.2) is 5.16 Å². The lowest BCUT2D eigenvalue weighted by Gasteiger charge is -2.30. The zero-order valence-electron chi connectivity index (χ0n) is 16.5. The van der Waals surface area contributed by atoms with Gasteiger partial charge >= 0.3 is 0 Å². The normalized spacial score (nSPS) is 15.0. The number of para-hydroxylation sites is 1. The van der Waals surface area contributed by atoms with Crippen molar-refractivity contribution in [2.45, 2.75) is 24.9 Å². The Morgan fingerprint density at radius 3 is 2.70 bits per heavy atom. The molecule has 4 rings (SSSR count). The molecule has 8 heteroatoms. The molecular weight excluding hydrogens is 425 g/mol. The summed E-state index contributed by atoms with van der Waals surface area (Å²) in [5.74, 6) is 0.273. The lowest BCUT2D eigenvalue weighted by atomic mass is 9.99. The largest absolute Gasteiger partial charge is 0.342 e. The molecule has 0 spiro atoms. The Morgan fingerprint density at radius 2 is 1.97 bits per heavy atom. The van der Waals surface area contributed by atoms with E-state index in [0.29, 0.717) is 27.7 Å². The molecular formula is C22H21ClFN3O2S. The summed E-state index contributed by atoms with van der Waals surface area (Å²) in [5.41, 5.74) is 0.671. The quantitative estimate of drug-likeness (QED) is 0.437. The van der Waals surface area contributed by atoms with Gasteiger partial charge in [-0.05, 0) is 49.1 Å². The van der Waals surface area contributed by atoms with Gasteiger partial charge in [-0.15, -0.1) is 0 Å². The lowest BCUT2D eigenvalue weighted by molar-refractivity contribution is -0.129. The second kappa shape index (κ2) is 8.78. The molecule has 30 heavy (non-hydrogen) atoms. The van der Waals surface area contributed by atoms with Gasteiger partial charge in [-0.3, -0.25) is 14.2 Å². The van der Waals surface area contributed by atoms with Crippen molar-refractivity contribution in [3.8, 4) is 5.69 Å². The SMILES string of the molecule is CC1CCN(C(=O)CSc2nc3ccccc3c(=O)n2-c2ccc(F)c(Cl)c2)CC1. The van der Waals surface area contributed by atoms with E-state index in [-0.39, 0.29) is 22.2 Å². The van der Waals surface area contributed by atoms with Crippen LogP contribution in [0.15, 0.2) is 52.4 Å². The number of carbonyl (C=O) groups excluding carboxylic acids is 1. The maximum atomic E-state index is 13.7. The number of thioether (sulfide) groups is 1. The van der Waals surface area contributed by atoms with Crippen LogP contribution in [0.5, 0.6) is 0 Å². The Balaban J connectivity index is 1.70. The smallest absolute Gasteiger partial charge is 0.266 e. The minimum Gasteiger partial charge on any atom is -0.342 e. The van der Waals surface area contributed by atoms with E-state index in [1.54, 1.807) is 18.2 Å². The number of piperidine rings is 1. The number of hydrogen-bond acceptors (Lipinski definition) is 4. The van der Waals surface area contributed by atoms with Gasteiger partial charge in [-0.25, -0.2) is 9.37 Å². The number of fused-ring (bicyclic) bond motifs is 1. The van der Waals surface area contributed by atoms with Crippen LogP contribution in [0.25, 0.3) is 16.6 Å². The molecule has 1 fully saturated rings. The number of rotatable bonds is 4. The van der Waals surface area contributed by atoms with Gasteiger partial charge in [-0.2, -0.15) is 0 Å². The second-order valence-corrected chi connectivity index (χ2v) is 8.85. The fourth-order valence-electron chi connectivity index (χ4n) is 3.54. The zero-order valence-corrected chi connectivity index (χ0v) is 18.0. The summed E-state index contributed by atoms with van der Waals surface area (Å²) in [6.07, 6.45) is 2.01. The van der Waals surface area contributed by atoms with Crippen molar-refractivity contribution in [3.63, 3.8) is 0 Å². The number of benzene rings is 2. The van der Waals surface area contributed by atoms with E-state index in [1.807, 2.05) is 11.0 Å². The van der Waals surface area contributed by atoms with E-state index < -0.39 is 5.82 Å². The summed E-state index contributed by atoms with van der Waals surface area (Å²) < 4.78 is 15.1. The van der Waals surface area contributed by atoms with Crippen molar-refractivity contribution in [1.29, 1.82) is 0 Å². The van der Waals surface area contributed by atoms with Gasteiger partial charge in [-0.1, -0.05) is 42.4 Å². The molecule has 1 saturated heterocycles. The minimum absolute atomic E-state index is 0.0259. The molecule has 1 aliphatic rings. The molecule has 0 atom stereocenters. The Bertz CT molecular complexity index is 1160. The monoisotopic (exact) mass is 445 g/mol. The average Bonchev–Trinajstić information content (AvgIpc) is 2.75. The maximum absolute atomic E-state index is 13.7. The Kier molecular flexibility index (Phi) is 6.11. The van der Waals surface area contributed by atoms with Crippen LogP contribution in [0.3, 0.4) is 0 Å². The molecule has 0 unspecified atom stereocenters. The lowest BCUT2D eigenvalue weighted by Crippen LogP contribution is -2.39. The first-order valence-electron chi connectivity index (χ1n) is 9.82. The highest BCUT2D eigenvalue weighted by molar-refractivity contribution is 7.99. The summed E-state index contributed by atoms with van der Waals surface area (Å²) in [6, 6.07) is 11.1. The molecule has 156 valence electrons. The fourth-order valence-corrected chi connectivity index (χ4v) is 4.63. The number of amides is 1. The van der Waals surface area contributed by atoms with E-state index in [2.05, 4.69) is 11.9 Å². The minimum atomic E-state index is -0.564. The van der Waals surface area contributed by atoms with Crippen molar-refractivity contribution in [3.05, 3.63) is 63.7 Å². The topological polar surface area (TPSA) is 55.2 Å². The third-order valence-electron chi connectivity index (χ3n) is 5.37. The van der Waals surface area contributed by atoms with Gasteiger partial charge in [0.25, 0.3) is 5.56 Å². The van der Waals surface area contributed by atoms with E-state index in [4.69, 9.17) is 11.6 Å². The maximum Gasteiger partial charge on any atom is 0.266 e. The fraction of sp³-hybridized carbons (Fsp3) is 0.318. The Morgan fingerprint density at radius 1 is 1.23 bits per heavy atom. The molecule has 0 radical (unpaired) electrons. The predicted octanol–water partition coefficient (Wildman–Crippen LogP) is 4.53. The molecule has 1 aromatic heterocycles. The second-order valence-electron chi connectivity index (χ2n) is 7.50. The van der Waals surface area contributed by atoms with Crippen molar-refractivity contribution in [1.82, 2.24) is 14.5 Å². The Hall–Kier alpha value is -2.38. The van der Waals surface area contributed by atoms with Crippen molar-refractivity contribution >= 4 is 40.2 Å². The van der Waals surface area contributed by atoms with E-state index in [0.717, 1.165) is 25.9 Å². The van der Waals surface area contributed by atoms with Crippen molar-refractivity contribution in [2.75, 3.05) is 18.8 Å². The van der Waals surface area contributed by atoms with Crippen LogP contribution in [-0.2, 0) is 4.79 Å². The molecule has 1 aliphatic heterocycles. The van der Waals surface area contributed by atoms with Crippen LogP contribution in [0.4, 0.5) is 4.39 Å². The first kappa shape index (κ1) is 20.9. The van der Waals surface area contributed by atoms with Gasteiger partial charge < -0.3 is 4.90 Å². The highest BCUT2D eigenvalue weighted by atomic mass is 35.5. The predicted molar refractivity (Wildman–Crippen MR) is 118 cm³/mol. The summed E-state index contributed by atoms with van der Waals surface area (Å²) >= 11 is 7.16. The Labute approximate surface area is 182 Å². The van der Waals surface area contributed by atoms with E-state index in [1.165, 1.54) is 34.5 Å². The number of carbonyl (C=O) groups is 1. The molecule has 5 nitrogen and oxygen atoms in total. The van der Waals surface area contributed by atoms with Crippen LogP contribution < -0.4 is 5.56 Å². The molecule has 1 amide bonds.